The van der Waals surface area contributed by atoms with Gasteiger partial charge >= 0.3 is 0 Å². The molecule has 3 aromatic heterocycles. The smallest absolute Gasteiger partial charge is 0.230 e. The number of rotatable bonds is 7. The Hall–Kier alpha value is -3.87. The number of ether oxygens (including phenoxy) is 1. The van der Waals surface area contributed by atoms with Crippen LogP contribution in [0, 0.1) is 0 Å². The van der Waals surface area contributed by atoms with Gasteiger partial charge in [-0.2, -0.15) is 0 Å². The van der Waals surface area contributed by atoms with Crippen LogP contribution < -0.4 is 10.6 Å². The summed E-state index contributed by atoms with van der Waals surface area (Å²) in [5.41, 5.74) is 1.97. The number of sulfone groups is 1. The van der Waals surface area contributed by atoms with Gasteiger partial charge in [-0.3, -0.25) is 4.79 Å². The Morgan fingerprint density at radius 1 is 1.16 bits per heavy atom. The predicted octanol–water partition coefficient (Wildman–Crippen LogP) is 3.04. The van der Waals surface area contributed by atoms with E-state index in [0.717, 1.165) is 6.26 Å². The molecule has 4 heterocycles. The van der Waals surface area contributed by atoms with E-state index in [4.69, 9.17) is 9.15 Å². The van der Waals surface area contributed by atoms with Crippen LogP contribution in [-0.4, -0.2) is 60.5 Å². The monoisotopic (exact) mass is 523 g/mol. The number of nitrogens with zero attached hydrogens (tertiary/aromatic N) is 3. The van der Waals surface area contributed by atoms with Gasteiger partial charge in [0.15, 0.2) is 20.4 Å². The Kier molecular flexibility index (Phi) is 6.40. The molecule has 1 aliphatic rings. The highest BCUT2D eigenvalue weighted by Crippen LogP contribution is 2.37. The number of aromatic nitrogens is 3. The highest BCUT2D eigenvalue weighted by atomic mass is 32.2. The zero-order valence-electron chi connectivity index (χ0n) is 20.2. The Labute approximate surface area is 212 Å². The van der Waals surface area contributed by atoms with Crippen molar-refractivity contribution in [1.82, 2.24) is 15.0 Å². The molecule has 192 valence electrons. The molecule has 3 N–H and O–H groups in total. The minimum absolute atomic E-state index is 0.147. The number of fused-ring (bicyclic) bond motifs is 1. The molecule has 1 aromatic carbocycles. The minimum Gasteiger partial charge on any atom is -0.436 e. The molecule has 1 aliphatic heterocycles. The molecule has 4 aromatic rings. The predicted molar refractivity (Wildman–Crippen MR) is 136 cm³/mol. The molecule has 1 amide bonds. The van der Waals surface area contributed by atoms with Crippen molar-refractivity contribution in [3.05, 3.63) is 54.2 Å². The number of anilines is 3. The quantitative estimate of drug-likeness (QED) is 0.329. The van der Waals surface area contributed by atoms with Crippen molar-refractivity contribution in [2.75, 3.05) is 36.7 Å². The Morgan fingerprint density at radius 3 is 2.65 bits per heavy atom. The van der Waals surface area contributed by atoms with E-state index in [9.17, 15) is 18.3 Å². The maximum Gasteiger partial charge on any atom is 0.230 e. The van der Waals surface area contributed by atoms with Crippen LogP contribution in [0.2, 0.25) is 0 Å². The summed E-state index contributed by atoms with van der Waals surface area (Å²) < 4.78 is 36.4. The summed E-state index contributed by atoms with van der Waals surface area (Å²) in [5, 5.41) is 15.8. The van der Waals surface area contributed by atoms with E-state index in [1.807, 2.05) is 18.2 Å². The Bertz CT molecular complexity index is 1560. The van der Waals surface area contributed by atoms with Gasteiger partial charge in [0, 0.05) is 37.5 Å². The van der Waals surface area contributed by atoms with Crippen LogP contribution in [-0.2, 0) is 24.8 Å². The zero-order chi connectivity index (χ0) is 26.2. The van der Waals surface area contributed by atoms with Crippen molar-refractivity contribution in [3.8, 4) is 11.5 Å². The van der Waals surface area contributed by atoms with E-state index in [2.05, 4.69) is 25.6 Å². The fourth-order valence-corrected chi connectivity index (χ4v) is 4.82. The first-order chi connectivity index (χ1) is 17.7. The number of hydrogen-bond acceptors (Lipinski definition) is 10. The molecular formula is C25H25N5O6S. The van der Waals surface area contributed by atoms with Crippen LogP contribution in [0.1, 0.15) is 18.9 Å². The van der Waals surface area contributed by atoms with Crippen molar-refractivity contribution in [2.45, 2.75) is 23.8 Å². The van der Waals surface area contributed by atoms with Gasteiger partial charge in [0.2, 0.25) is 11.8 Å². The Morgan fingerprint density at radius 2 is 1.97 bits per heavy atom. The maximum atomic E-state index is 12.5. The summed E-state index contributed by atoms with van der Waals surface area (Å²) in [6.45, 7) is 1.86. The first-order valence-electron chi connectivity index (χ1n) is 11.5. The molecule has 37 heavy (non-hydrogen) atoms. The fourth-order valence-electron chi connectivity index (χ4n) is 4.22. The third-order valence-electron chi connectivity index (χ3n) is 6.20. The highest BCUT2D eigenvalue weighted by molar-refractivity contribution is 7.90. The average Bonchev–Trinajstić information content (AvgIpc) is 3.51. The number of carbonyl (C=O) groups is 1. The number of oxazole rings is 1. The Balaban J connectivity index is 1.64. The van der Waals surface area contributed by atoms with Crippen molar-refractivity contribution >= 4 is 44.2 Å². The van der Waals surface area contributed by atoms with Gasteiger partial charge < -0.3 is 24.9 Å². The SMILES string of the molecule is CC(=O)Nc1cc(Nc2cc(C3(CO)CCOC3)cc(S(C)(=O)=O)n2)c(-c2nc3ccccc3o2)cn1. The largest absolute Gasteiger partial charge is 0.436 e. The van der Waals surface area contributed by atoms with Crippen LogP contribution in [0.15, 0.2) is 58.1 Å². The molecule has 0 saturated carbocycles. The first-order valence-corrected chi connectivity index (χ1v) is 13.4. The number of aliphatic hydroxyl groups is 1. The van der Waals surface area contributed by atoms with Gasteiger partial charge in [-0.25, -0.2) is 23.4 Å². The van der Waals surface area contributed by atoms with Gasteiger partial charge in [-0.15, -0.1) is 0 Å². The molecule has 11 nitrogen and oxygen atoms in total. The molecule has 1 atom stereocenters. The summed E-state index contributed by atoms with van der Waals surface area (Å²) in [6, 6.07) is 12.0. The lowest BCUT2D eigenvalue weighted by atomic mass is 9.81. The van der Waals surface area contributed by atoms with E-state index in [1.165, 1.54) is 19.2 Å². The van der Waals surface area contributed by atoms with E-state index < -0.39 is 15.3 Å². The zero-order valence-corrected chi connectivity index (χ0v) is 21.0. The van der Waals surface area contributed by atoms with Crippen LogP contribution in [0.4, 0.5) is 17.3 Å². The molecule has 12 heteroatoms. The van der Waals surface area contributed by atoms with Crippen molar-refractivity contribution in [1.29, 1.82) is 0 Å². The van der Waals surface area contributed by atoms with E-state index >= 15 is 0 Å². The molecule has 5 rings (SSSR count). The molecule has 1 unspecified atom stereocenters. The van der Waals surface area contributed by atoms with Gasteiger partial charge in [0.1, 0.15) is 17.2 Å². The molecular weight excluding hydrogens is 498 g/mol. The molecule has 0 aliphatic carbocycles. The van der Waals surface area contributed by atoms with Crippen molar-refractivity contribution < 1.29 is 27.5 Å². The first kappa shape index (κ1) is 24.8. The van der Waals surface area contributed by atoms with Crippen molar-refractivity contribution in [2.24, 2.45) is 0 Å². The highest BCUT2D eigenvalue weighted by Gasteiger charge is 2.37. The third-order valence-corrected chi connectivity index (χ3v) is 7.16. The van der Waals surface area contributed by atoms with E-state index in [-0.39, 0.29) is 41.7 Å². The molecule has 1 saturated heterocycles. The van der Waals surface area contributed by atoms with Gasteiger partial charge in [0.25, 0.3) is 0 Å². The second-order valence-corrected chi connectivity index (χ2v) is 11.0. The van der Waals surface area contributed by atoms with Crippen LogP contribution in [0.25, 0.3) is 22.6 Å². The maximum absolute atomic E-state index is 12.5. The third kappa shape index (κ3) is 5.03. The van der Waals surface area contributed by atoms with Gasteiger partial charge in [-0.1, -0.05) is 12.1 Å². The number of hydrogen-bond donors (Lipinski definition) is 3. The summed E-state index contributed by atoms with van der Waals surface area (Å²) in [6.07, 6.45) is 3.11. The minimum atomic E-state index is -3.68. The number of pyridine rings is 2. The normalized spacial score (nSPS) is 17.7. The number of amides is 1. The summed E-state index contributed by atoms with van der Waals surface area (Å²) >= 11 is 0. The number of aliphatic hydroxyl groups excluding tert-OH is 1. The molecule has 1 fully saturated rings. The topological polar surface area (TPSA) is 157 Å². The summed E-state index contributed by atoms with van der Waals surface area (Å²) in [5.74, 6) is 0.458. The number of benzene rings is 1. The van der Waals surface area contributed by atoms with Crippen LogP contribution in [0.3, 0.4) is 0 Å². The van der Waals surface area contributed by atoms with E-state index in [1.54, 1.807) is 18.2 Å². The number of para-hydroxylation sites is 2. The molecule has 0 bridgehead atoms. The lowest BCUT2D eigenvalue weighted by molar-refractivity contribution is -0.114. The number of nitrogens with one attached hydrogen (secondary N) is 2. The van der Waals surface area contributed by atoms with Gasteiger partial charge in [-0.05, 0) is 36.2 Å². The van der Waals surface area contributed by atoms with E-state index in [0.29, 0.717) is 40.9 Å². The average molecular weight is 524 g/mol. The lowest BCUT2D eigenvalue weighted by Gasteiger charge is -2.26. The lowest BCUT2D eigenvalue weighted by Crippen LogP contribution is -2.31. The second kappa shape index (κ2) is 9.54. The standard InChI is InChI=1S/C25H25N5O6S/c1-15(32)27-21-11-19(17(12-26-21)24-29-18-5-3-4-6-20(18)36-24)28-22-9-16(10-23(30-22)37(2,33)34)25(13-31)7-8-35-14-25/h3-6,9-12,31H,7-8,13-14H2,1-2H3,(H2,26,27,28,30,32). The van der Waals surface area contributed by atoms with Gasteiger partial charge in [0.05, 0.1) is 24.5 Å². The fraction of sp³-hybridized carbons (Fsp3) is 0.280. The number of carbonyl (C=O) groups excluding carboxylic acids is 1. The second-order valence-electron chi connectivity index (χ2n) is 9.00. The van der Waals surface area contributed by atoms with Crippen LogP contribution in [0.5, 0.6) is 0 Å². The molecule has 0 spiro atoms. The summed E-state index contributed by atoms with van der Waals surface area (Å²) in [4.78, 5) is 24.8. The van der Waals surface area contributed by atoms with Crippen LogP contribution >= 0.6 is 0 Å². The molecule has 0 radical (unpaired) electrons. The summed E-state index contributed by atoms with van der Waals surface area (Å²) in [7, 11) is -3.68. The van der Waals surface area contributed by atoms with Crippen molar-refractivity contribution in [3.63, 3.8) is 0 Å².